The fraction of sp³-hybridized carbons (Fsp3) is 0.923. The van der Waals surface area contributed by atoms with E-state index in [1.54, 1.807) is 7.11 Å². The van der Waals surface area contributed by atoms with Gasteiger partial charge in [0.1, 0.15) is 0 Å². The number of methoxy groups -OCH3 is 1. The molecule has 1 saturated carbocycles. The summed E-state index contributed by atoms with van der Waals surface area (Å²) in [6.45, 7) is 4.10. The molecular weight excluding hydrogens is 216 g/mol. The summed E-state index contributed by atoms with van der Waals surface area (Å²) in [6.07, 6.45) is 4.81. The number of nitrogens with zero attached hydrogens (tertiary/aromatic N) is 1. The molecule has 0 atom stereocenters. The Bertz CT molecular complexity index is 225. The highest BCUT2D eigenvalue weighted by Gasteiger charge is 2.24. The van der Waals surface area contributed by atoms with Gasteiger partial charge < -0.3 is 15.0 Å². The number of hydrogen-bond donors (Lipinski definition) is 1. The lowest BCUT2D eigenvalue weighted by molar-refractivity contribution is -0.131. The molecule has 1 rings (SSSR count). The van der Waals surface area contributed by atoms with Crippen LogP contribution in [0.5, 0.6) is 0 Å². The minimum atomic E-state index is 0.195. The predicted octanol–water partition coefficient (Wildman–Crippen LogP) is 1.26. The fourth-order valence-electron chi connectivity index (χ4n) is 2.33. The van der Waals surface area contributed by atoms with Crippen molar-refractivity contribution >= 4 is 5.91 Å². The highest BCUT2D eigenvalue weighted by atomic mass is 16.5. The first-order valence-corrected chi connectivity index (χ1v) is 6.60. The standard InChI is InChI=1S/C13H26N2O2/c1-11-4-6-12(7-5-11)15(2)13(16)10-14-8-9-17-3/h11-12,14H,4-10H2,1-3H3. The summed E-state index contributed by atoms with van der Waals surface area (Å²) in [5.41, 5.74) is 0. The van der Waals surface area contributed by atoms with E-state index < -0.39 is 0 Å². The molecule has 17 heavy (non-hydrogen) atoms. The molecule has 0 saturated heterocycles. The molecule has 4 heteroatoms. The van der Waals surface area contributed by atoms with Crippen LogP contribution in [0.3, 0.4) is 0 Å². The molecule has 4 nitrogen and oxygen atoms in total. The van der Waals surface area contributed by atoms with Crippen molar-refractivity contribution in [3.8, 4) is 0 Å². The Morgan fingerprint density at radius 2 is 2.00 bits per heavy atom. The molecule has 1 fully saturated rings. The van der Waals surface area contributed by atoms with Crippen molar-refractivity contribution in [3.63, 3.8) is 0 Å². The molecule has 1 N–H and O–H groups in total. The minimum Gasteiger partial charge on any atom is -0.383 e. The van der Waals surface area contributed by atoms with E-state index in [9.17, 15) is 4.79 Å². The van der Waals surface area contributed by atoms with E-state index in [2.05, 4.69) is 12.2 Å². The second-order valence-electron chi connectivity index (χ2n) is 5.09. The average Bonchev–Trinajstić information content (AvgIpc) is 2.34. The van der Waals surface area contributed by atoms with Crippen LogP contribution in [0.4, 0.5) is 0 Å². The summed E-state index contributed by atoms with van der Waals surface area (Å²) >= 11 is 0. The van der Waals surface area contributed by atoms with Gasteiger partial charge in [0.2, 0.25) is 5.91 Å². The van der Waals surface area contributed by atoms with Gasteiger partial charge in [-0.1, -0.05) is 6.92 Å². The third-order valence-corrected chi connectivity index (χ3v) is 3.69. The first-order chi connectivity index (χ1) is 8.15. The van der Waals surface area contributed by atoms with Crippen molar-refractivity contribution in [3.05, 3.63) is 0 Å². The molecular formula is C13H26N2O2. The Kier molecular flexibility index (Phi) is 6.52. The Balaban J connectivity index is 2.21. The highest BCUT2D eigenvalue weighted by Crippen LogP contribution is 2.26. The fourth-order valence-corrected chi connectivity index (χ4v) is 2.33. The van der Waals surface area contributed by atoms with Crippen molar-refractivity contribution in [1.29, 1.82) is 0 Å². The van der Waals surface area contributed by atoms with Crippen LogP contribution in [-0.2, 0) is 9.53 Å². The number of likely N-dealkylation sites (N-methyl/N-ethyl adjacent to an activating group) is 1. The summed E-state index contributed by atoms with van der Waals surface area (Å²) in [5, 5.41) is 3.10. The quantitative estimate of drug-likeness (QED) is 0.713. The highest BCUT2D eigenvalue weighted by molar-refractivity contribution is 5.78. The van der Waals surface area contributed by atoms with E-state index in [0.29, 0.717) is 19.2 Å². The van der Waals surface area contributed by atoms with Gasteiger partial charge in [-0.15, -0.1) is 0 Å². The Morgan fingerprint density at radius 3 is 2.59 bits per heavy atom. The number of ether oxygens (including phenoxy) is 1. The van der Waals surface area contributed by atoms with Crippen molar-refractivity contribution in [2.75, 3.05) is 33.9 Å². The Hall–Kier alpha value is -0.610. The SMILES string of the molecule is COCCNCC(=O)N(C)C1CCC(C)CC1. The minimum absolute atomic E-state index is 0.195. The summed E-state index contributed by atoms with van der Waals surface area (Å²) < 4.78 is 4.92. The van der Waals surface area contributed by atoms with Crippen molar-refractivity contribution in [2.45, 2.75) is 38.6 Å². The summed E-state index contributed by atoms with van der Waals surface area (Å²) in [4.78, 5) is 13.8. The molecule has 0 aromatic heterocycles. The number of rotatable bonds is 6. The molecule has 0 aromatic carbocycles. The molecule has 0 radical (unpaired) electrons. The molecule has 1 aliphatic rings. The smallest absolute Gasteiger partial charge is 0.236 e. The Morgan fingerprint density at radius 1 is 1.35 bits per heavy atom. The summed E-state index contributed by atoms with van der Waals surface area (Å²) in [5.74, 6) is 1.02. The number of nitrogens with one attached hydrogen (secondary N) is 1. The van der Waals surface area contributed by atoms with Gasteiger partial charge in [-0.3, -0.25) is 4.79 Å². The molecule has 0 heterocycles. The van der Waals surface area contributed by atoms with Crippen molar-refractivity contribution in [1.82, 2.24) is 10.2 Å². The van der Waals surface area contributed by atoms with Crippen LogP contribution in [0.2, 0.25) is 0 Å². The van der Waals surface area contributed by atoms with Crippen LogP contribution in [0.15, 0.2) is 0 Å². The maximum atomic E-state index is 11.9. The Labute approximate surface area is 105 Å². The molecule has 0 aliphatic heterocycles. The second-order valence-corrected chi connectivity index (χ2v) is 5.09. The molecule has 0 aromatic rings. The lowest BCUT2D eigenvalue weighted by atomic mass is 9.87. The van der Waals surface area contributed by atoms with Crippen LogP contribution < -0.4 is 5.32 Å². The van der Waals surface area contributed by atoms with E-state index in [0.717, 1.165) is 25.3 Å². The maximum absolute atomic E-state index is 11.9. The van der Waals surface area contributed by atoms with Gasteiger partial charge >= 0.3 is 0 Å². The zero-order chi connectivity index (χ0) is 12.7. The summed E-state index contributed by atoms with van der Waals surface area (Å²) in [7, 11) is 3.60. The van der Waals surface area contributed by atoms with Gasteiger partial charge in [0.25, 0.3) is 0 Å². The van der Waals surface area contributed by atoms with Crippen LogP contribution >= 0.6 is 0 Å². The molecule has 0 bridgehead atoms. The number of amides is 1. The molecule has 1 aliphatic carbocycles. The monoisotopic (exact) mass is 242 g/mol. The van der Waals surface area contributed by atoms with Gasteiger partial charge in [-0.25, -0.2) is 0 Å². The summed E-state index contributed by atoms with van der Waals surface area (Å²) in [6, 6.07) is 0.447. The lowest BCUT2D eigenvalue weighted by Crippen LogP contribution is -2.43. The van der Waals surface area contributed by atoms with Crippen molar-refractivity contribution in [2.24, 2.45) is 5.92 Å². The second kappa shape index (κ2) is 7.67. The molecule has 0 spiro atoms. The van der Waals surface area contributed by atoms with E-state index in [1.165, 1.54) is 12.8 Å². The van der Waals surface area contributed by atoms with Crippen LogP contribution in [0.1, 0.15) is 32.6 Å². The van der Waals surface area contributed by atoms with Gasteiger partial charge in [-0.2, -0.15) is 0 Å². The number of carbonyl (C=O) groups excluding carboxylic acids is 1. The third-order valence-electron chi connectivity index (χ3n) is 3.69. The molecule has 0 unspecified atom stereocenters. The van der Waals surface area contributed by atoms with E-state index in [-0.39, 0.29) is 5.91 Å². The average molecular weight is 242 g/mol. The van der Waals surface area contributed by atoms with E-state index in [1.807, 2.05) is 11.9 Å². The van der Waals surface area contributed by atoms with Gasteiger partial charge in [0.05, 0.1) is 13.2 Å². The third kappa shape index (κ3) is 5.04. The largest absolute Gasteiger partial charge is 0.383 e. The van der Waals surface area contributed by atoms with E-state index >= 15 is 0 Å². The predicted molar refractivity (Wildman–Crippen MR) is 68.9 cm³/mol. The zero-order valence-corrected chi connectivity index (χ0v) is 11.4. The van der Waals surface area contributed by atoms with Gasteiger partial charge in [0, 0.05) is 26.7 Å². The van der Waals surface area contributed by atoms with Crippen molar-refractivity contribution < 1.29 is 9.53 Å². The maximum Gasteiger partial charge on any atom is 0.236 e. The number of hydrogen-bond acceptors (Lipinski definition) is 3. The van der Waals surface area contributed by atoms with Gasteiger partial charge in [0.15, 0.2) is 0 Å². The van der Waals surface area contributed by atoms with Gasteiger partial charge in [-0.05, 0) is 31.6 Å². The van der Waals surface area contributed by atoms with Crippen LogP contribution in [-0.4, -0.2) is 50.7 Å². The number of carbonyl (C=O) groups is 1. The zero-order valence-electron chi connectivity index (χ0n) is 11.4. The normalized spacial score (nSPS) is 24.6. The first-order valence-electron chi connectivity index (χ1n) is 6.60. The first kappa shape index (κ1) is 14.5. The van der Waals surface area contributed by atoms with E-state index in [4.69, 9.17) is 4.74 Å². The topological polar surface area (TPSA) is 41.6 Å². The van der Waals surface area contributed by atoms with Crippen LogP contribution in [0, 0.1) is 5.92 Å². The lowest BCUT2D eigenvalue weighted by Gasteiger charge is -2.33. The molecule has 100 valence electrons. The molecule has 1 amide bonds. The van der Waals surface area contributed by atoms with Crippen LogP contribution in [0.25, 0.3) is 0 Å².